The number of amides is 3. The Labute approximate surface area is 350 Å². The van der Waals surface area contributed by atoms with Gasteiger partial charge in [-0.05, 0) is 80.7 Å². The minimum absolute atomic E-state index is 0.0627. The standard InChI is InChI=1S/C43H40ClF3N6O8/c1-58-30-9-5-7-22-17-32(60-37(22)30)39(54)48-25-10-11-27-23(15-25)16-28(49-27)40(55)53-20-24(19-44)33-29(53)18-31(36-34(33)35(41(56)59-2)38(50-36)43(45,46)47)61-42(57)52-14-6-8-26(52)21-51-12-3-4-13-51/h5,7,9-11,15-18,24,26,49-50H,3-4,6,8,12-14,19-21H2,1-2H3,(H,48,54)/t24-,26+/m1/s1. The van der Waals surface area contributed by atoms with Gasteiger partial charge in [-0.2, -0.15) is 13.2 Å². The summed E-state index contributed by atoms with van der Waals surface area (Å²) in [7, 11) is 2.47. The van der Waals surface area contributed by atoms with Crippen molar-refractivity contribution in [3.05, 3.63) is 82.9 Å². The Hall–Kier alpha value is -6.20. The first kappa shape index (κ1) is 40.2. The van der Waals surface area contributed by atoms with Crippen LogP contribution in [0.1, 0.15) is 74.3 Å². The van der Waals surface area contributed by atoms with Gasteiger partial charge in [-0.1, -0.05) is 12.1 Å². The van der Waals surface area contributed by atoms with Crippen LogP contribution in [0.5, 0.6) is 11.5 Å². The molecule has 14 nitrogen and oxygen atoms in total. The molecular formula is C43H40ClF3N6O8. The molecule has 0 aliphatic carbocycles. The Morgan fingerprint density at radius 1 is 0.951 bits per heavy atom. The zero-order chi connectivity index (χ0) is 42.7. The fraction of sp³-hybridized carbons (Fsp3) is 0.349. The number of hydrogen-bond acceptors (Lipinski definition) is 9. The van der Waals surface area contributed by atoms with Crippen molar-refractivity contribution in [2.45, 2.75) is 43.8 Å². The highest BCUT2D eigenvalue weighted by molar-refractivity contribution is 6.20. The lowest BCUT2D eigenvalue weighted by molar-refractivity contribution is -0.141. The quantitative estimate of drug-likeness (QED) is 0.0956. The molecule has 0 radical (unpaired) electrons. The normalized spacial score (nSPS) is 18.1. The van der Waals surface area contributed by atoms with Gasteiger partial charge >= 0.3 is 18.2 Å². The van der Waals surface area contributed by atoms with Gasteiger partial charge in [-0.25, -0.2) is 9.59 Å². The first-order valence-electron chi connectivity index (χ1n) is 19.8. The lowest BCUT2D eigenvalue weighted by Crippen LogP contribution is -2.43. The van der Waals surface area contributed by atoms with Crippen LogP contribution in [0, 0.1) is 0 Å². The number of aromatic nitrogens is 2. The summed E-state index contributed by atoms with van der Waals surface area (Å²) >= 11 is 6.48. The number of likely N-dealkylation sites (tertiary alicyclic amines) is 2. The van der Waals surface area contributed by atoms with Crippen molar-refractivity contribution in [1.29, 1.82) is 0 Å². The van der Waals surface area contributed by atoms with E-state index in [1.165, 1.54) is 18.1 Å². The molecule has 318 valence electrons. The summed E-state index contributed by atoms with van der Waals surface area (Å²) in [6.45, 7) is 2.82. The molecule has 61 heavy (non-hydrogen) atoms. The number of nitrogens with zero attached hydrogens (tertiary/aromatic N) is 3. The summed E-state index contributed by atoms with van der Waals surface area (Å²) in [5.41, 5.74) is -0.620. The summed E-state index contributed by atoms with van der Waals surface area (Å²) in [6, 6.07) is 14.7. The van der Waals surface area contributed by atoms with E-state index in [0.29, 0.717) is 46.4 Å². The smallest absolute Gasteiger partial charge is 0.432 e. The number of alkyl halides is 4. The molecule has 0 spiro atoms. The third-order valence-electron chi connectivity index (χ3n) is 11.8. The van der Waals surface area contributed by atoms with Crippen LogP contribution in [-0.2, 0) is 10.9 Å². The monoisotopic (exact) mass is 860 g/mol. The molecule has 0 unspecified atom stereocenters. The number of fused-ring (bicyclic) bond motifs is 5. The van der Waals surface area contributed by atoms with Crippen molar-refractivity contribution in [2.75, 3.05) is 63.0 Å². The zero-order valence-corrected chi connectivity index (χ0v) is 33.8. The molecule has 6 heterocycles. The second kappa shape index (κ2) is 15.7. The zero-order valence-electron chi connectivity index (χ0n) is 33.0. The van der Waals surface area contributed by atoms with Crippen molar-refractivity contribution in [3.8, 4) is 11.5 Å². The van der Waals surface area contributed by atoms with Gasteiger partial charge in [0.1, 0.15) is 11.4 Å². The van der Waals surface area contributed by atoms with Gasteiger partial charge in [0.15, 0.2) is 22.8 Å². The molecule has 3 N–H and O–H groups in total. The van der Waals surface area contributed by atoms with Gasteiger partial charge in [-0.15, -0.1) is 11.6 Å². The van der Waals surface area contributed by atoms with E-state index in [4.69, 9.17) is 30.2 Å². The number of furan rings is 1. The number of nitrogens with one attached hydrogen (secondary N) is 3. The van der Waals surface area contributed by atoms with E-state index in [1.807, 2.05) is 0 Å². The van der Waals surface area contributed by atoms with E-state index in [9.17, 15) is 32.3 Å². The van der Waals surface area contributed by atoms with Crippen LogP contribution in [-0.4, -0.2) is 103 Å². The van der Waals surface area contributed by atoms with Crippen molar-refractivity contribution in [1.82, 2.24) is 19.8 Å². The largest absolute Gasteiger partial charge is 0.493 e. The Morgan fingerprint density at radius 3 is 2.49 bits per heavy atom. The molecule has 3 aromatic carbocycles. The van der Waals surface area contributed by atoms with E-state index in [2.05, 4.69) is 20.2 Å². The van der Waals surface area contributed by atoms with Gasteiger partial charge in [0.2, 0.25) is 0 Å². The Morgan fingerprint density at radius 2 is 1.75 bits per heavy atom. The van der Waals surface area contributed by atoms with Gasteiger partial charge in [-0.3, -0.25) is 9.59 Å². The first-order valence-corrected chi connectivity index (χ1v) is 20.4. The van der Waals surface area contributed by atoms with Crippen molar-refractivity contribution in [2.24, 2.45) is 0 Å². The van der Waals surface area contributed by atoms with Gasteiger partial charge in [0.25, 0.3) is 11.8 Å². The predicted molar refractivity (Wildman–Crippen MR) is 220 cm³/mol. The number of rotatable bonds is 9. The average Bonchev–Trinajstić information content (AvgIpc) is 4.10. The summed E-state index contributed by atoms with van der Waals surface area (Å²) in [6.07, 6.45) is -2.19. The number of carbonyl (C=O) groups excluding carboxylic acids is 4. The van der Waals surface area contributed by atoms with Crippen molar-refractivity contribution < 1.29 is 51.0 Å². The molecule has 2 saturated heterocycles. The summed E-state index contributed by atoms with van der Waals surface area (Å²) < 4.78 is 66.1. The minimum atomic E-state index is -5.04. The van der Waals surface area contributed by atoms with Crippen molar-refractivity contribution in [3.63, 3.8) is 0 Å². The minimum Gasteiger partial charge on any atom is -0.493 e. The van der Waals surface area contributed by atoms with Crippen LogP contribution < -0.4 is 19.7 Å². The lowest BCUT2D eigenvalue weighted by Gasteiger charge is -2.28. The molecule has 3 aliphatic rings. The number of esters is 1. The highest BCUT2D eigenvalue weighted by Gasteiger charge is 2.44. The number of ether oxygens (including phenoxy) is 3. The molecular weight excluding hydrogens is 821 g/mol. The summed E-state index contributed by atoms with van der Waals surface area (Å²) in [5.74, 6) is -2.96. The van der Waals surface area contributed by atoms with E-state index >= 15 is 0 Å². The summed E-state index contributed by atoms with van der Waals surface area (Å²) in [5, 5.41) is 3.87. The fourth-order valence-corrected chi connectivity index (χ4v) is 9.23. The number of halogens is 4. The molecule has 3 amide bonds. The predicted octanol–water partition coefficient (Wildman–Crippen LogP) is 8.50. The number of para-hydroxylation sites is 1. The van der Waals surface area contributed by atoms with Crippen LogP contribution in [0.4, 0.5) is 29.3 Å². The number of benzene rings is 3. The molecule has 9 rings (SSSR count). The Bertz CT molecular complexity index is 2740. The summed E-state index contributed by atoms with van der Waals surface area (Å²) in [4.78, 5) is 65.6. The molecule has 3 aromatic heterocycles. The number of methoxy groups -OCH3 is 2. The highest BCUT2D eigenvalue weighted by Crippen LogP contribution is 2.50. The average molecular weight is 861 g/mol. The van der Waals surface area contributed by atoms with Crippen LogP contribution in [0.25, 0.3) is 32.8 Å². The number of H-pyrrole nitrogens is 2. The molecule has 0 bridgehead atoms. The molecule has 2 fully saturated rings. The second-order valence-corrected chi connectivity index (χ2v) is 15.8. The third kappa shape index (κ3) is 7.18. The number of carbonyl (C=O) groups is 4. The van der Waals surface area contributed by atoms with Gasteiger partial charge < -0.3 is 48.6 Å². The van der Waals surface area contributed by atoms with Crippen LogP contribution >= 0.6 is 11.6 Å². The Balaban J connectivity index is 1.07. The van der Waals surface area contributed by atoms with Gasteiger partial charge in [0.05, 0.1) is 31.0 Å². The molecule has 3 aliphatic heterocycles. The van der Waals surface area contributed by atoms with Crippen molar-refractivity contribution >= 4 is 79.6 Å². The Kier molecular flexibility index (Phi) is 10.3. The number of hydrogen-bond donors (Lipinski definition) is 3. The molecule has 0 saturated carbocycles. The maximum absolute atomic E-state index is 14.7. The van der Waals surface area contributed by atoms with Crippen LogP contribution in [0.15, 0.2) is 59.0 Å². The SMILES string of the molecule is COC(=O)c1c(C(F)(F)F)[nH]c2c(OC(=O)N3CCC[C@H]3CN3CCCC3)cc3c(c12)[C@H](CCl)CN3C(=O)c1cc2cc(NC(=O)c3cc4cccc(OC)c4o3)ccc2[nH]1. The second-order valence-electron chi connectivity index (χ2n) is 15.5. The topological polar surface area (TPSA) is 162 Å². The molecule has 6 aromatic rings. The number of anilines is 2. The lowest BCUT2D eigenvalue weighted by atomic mass is 9.95. The van der Waals surface area contributed by atoms with Gasteiger partial charge in [0, 0.05) is 70.9 Å². The van der Waals surface area contributed by atoms with E-state index in [0.717, 1.165) is 45.9 Å². The maximum atomic E-state index is 14.7. The highest BCUT2D eigenvalue weighted by atomic mass is 35.5. The molecule has 18 heteroatoms. The first-order chi connectivity index (χ1) is 29.4. The van der Waals surface area contributed by atoms with Crippen LogP contribution in [0.2, 0.25) is 0 Å². The van der Waals surface area contributed by atoms with E-state index in [1.54, 1.807) is 53.4 Å². The third-order valence-corrected chi connectivity index (χ3v) is 12.2. The molecule has 2 atom stereocenters. The van der Waals surface area contributed by atoms with Crippen LogP contribution in [0.3, 0.4) is 0 Å². The maximum Gasteiger partial charge on any atom is 0.432 e. The number of aromatic amines is 2. The fourth-order valence-electron chi connectivity index (χ4n) is 8.97. The van der Waals surface area contributed by atoms with E-state index in [-0.39, 0.29) is 57.8 Å². The van der Waals surface area contributed by atoms with E-state index < -0.39 is 47.2 Å².